The van der Waals surface area contributed by atoms with Crippen LogP contribution in [0.1, 0.15) is 18.1 Å². The summed E-state index contributed by atoms with van der Waals surface area (Å²) in [5, 5.41) is 9.26. The molecule has 0 aliphatic rings. The second kappa shape index (κ2) is 9.78. The third-order valence-corrected chi connectivity index (χ3v) is 6.21. The van der Waals surface area contributed by atoms with E-state index < -0.39 is 0 Å². The summed E-state index contributed by atoms with van der Waals surface area (Å²) in [6.07, 6.45) is 3.51. The highest BCUT2D eigenvalue weighted by atomic mass is 32.2. The summed E-state index contributed by atoms with van der Waals surface area (Å²) in [7, 11) is 1.83. The fourth-order valence-corrected chi connectivity index (χ4v) is 4.49. The zero-order valence-electron chi connectivity index (χ0n) is 18.3. The molecule has 0 saturated carbocycles. The van der Waals surface area contributed by atoms with Crippen LogP contribution in [0.15, 0.2) is 84.3 Å². The van der Waals surface area contributed by atoms with Gasteiger partial charge in [-0.15, -0.1) is 10.2 Å². The Morgan fingerprint density at radius 3 is 2.50 bits per heavy atom. The molecule has 0 aliphatic heterocycles. The Kier molecular flexibility index (Phi) is 6.66. The van der Waals surface area contributed by atoms with E-state index in [2.05, 4.69) is 28.2 Å². The van der Waals surface area contributed by atoms with Gasteiger partial charge in [0.1, 0.15) is 0 Å². The first-order valence-corrected chi connectivity index (χ1v) is 11.3. The highest BCUT2D eigenvalue weighted by molar-refractivity contribution is 8.00. The lowest BCUT2D eigenvalue weighted by atomic mass is 10.2. The average Bonchev–Trinajstić information content (AvgIpc) is 3.23. The largest absolute Gasteiger partial charge is 0.340 e. The van der Waals surface area contributed by atoms with Gasteiger partial charge < -0.3 is 4.90 Å². The number of aryl methyl sites for hydroxylation is 1. The minimum absolute atomic E-state index is 0.0427. The van der Waals surface area contributed by atoms with Crippen molar-refractivity contribution in [3.63, 3.8) is 0 Å². The smallest absolute Gasteiger partial charge is 0.235 e. The first-order chi connectivity index (χ1) is 15.5. The molecule has 2 aromatic carbocycles. The molecule has 7 heteroatoms. The average molecular weight is 444 g/mol. The number of pyridine rings is 1. The lowest BCUT2D eigenvalue weighted by Crippen LogP contribution is -2.33. The van der Waals surface area contributed by atoms with Gasteiger partial charge in [-0.25, -0.2) is 0 Å². The standard InChI is InChI=1S/C25H25N5OS/c1-18-10-7-8-14-22(18)30-23(21-13-9-15-26-16-21)27-28-25(30)32-19(2)24(31)29(3)17-20-11-5-4-6-12-20/h4-16,19H,17H2,1-3H3. The van der Waals surface area contributed by atoms with Crippen molar-refractivity contribution >= 4 is 17.7 Å². The third kappa shape index (κ3) is 4.73. The van der Waals surface area contributed by atoms with Gasteiger partial charge in [-0.1, -0.05) is 60.3 Å². The van der Waals surface area contributed by atoms with E-state index in [9.17, 15) is 4.79 Å². The molecule has 1 atom stereocenters. The number of carbonyl (C=O) groups is 1. The second-order valence-corrected chi connectivity index (χ2v) is 8.92. The van der Waals surface area contributed by atoms with Crippen molar-refractivity contribution in [1.82, 2.24) is 24.6 Å². The summed E-state index contributed by atoms with van der Waals surface area (Å²) in [6.45, 7) is 4.53. The van der Waals surface area contributed by atoms with E-state index in [0.29, 0.717) is 17.5 Å². The van der Waals surface area contributed by atoms with Crippen molar-refractivity contribution < 1.29 is 4.79 Å². The molecule has 162 valence electrons. The molecule has 1 unspecified atom stereocenters. The Bertz CT molecular complexity index is 1190. The van der Waals surface area contributed by atoms with Gasteiger partial charge in [0.25, 0.3) is 0 Å². The molecule has 0 radical (unpaired) electrons. The number of nitrogens with zero attached hydrogens (tertiary/aromatic N) is 5. The Hall–Kier alpha value is -3.45. The summed E-state index contributed by atoms with van der Waals surface area (Å²) in [5.41, 5.74) is 4.05. The SMILES string of the molecule is Cc1ccccc1-n1c(SC(C)C(=O)N(C)Cc2ccccc2)nnc1-c1cccnc1. The van der Waals surface area contributed by atoms with Crippen LogP contribution in [0, 0.1) is 6.92 Å². The maximum Gasteiger partial charge on any atom is 0.235 e. The van der Waals surface area contributed by atoms with E-state index in [4.69, 9.17) is 0 Å². The molecular formula is C25H25N5OS. The van der Waals surface area contributed by atoms with E-state index in [-0.39, 0.29) is 11.2 Å². The normalized spacial score (nSPS) is 11.8. The predicted octanol–water partition coefficient (Wildman–Crippen LogP) is 4.78. The Labute approximate surface area is 192 Å². The van der Waals surface area contributed by atoms with Crippen LogP contribution in [0.25, 0.3) is 17.1 Å². The summed E-state index contributed by atoms with van der Waals surface area (Å²) in [4.78, 5) is 19.1. The predicted molar refractivity (Wildman–Crippen MR) is 128 cm³/mol. The molecule has 0 fully saturated rings. The molecule has 4 aromatic rings. The van der Waals surface area contributed by atoms with Crippen molar-refractivity contribution in [3.05, 3.63) is 90.3 Å². The fraction of sp³-hybridized carbons (Fsp3) is 0.200. The zero-order valence-corrected chi connectivity index (χ0v) is 19.2. The van der Waals surface area contributed by atoms with Crippen molar-refractivity contribution in [2.75, 3.05) is 7.05 Å². The van der Waals surface area contributed by atoms with Crippen LogP contribution in [-0.4, -0.2) is 42.9 Å². The first-order valence-electron chi connectivity index (χ1n) is 10.4. The van der Waals surface area contributed by atoms with Crippen molar-refractivity contribution in [2.45, 2.75) is 30.8 Å². The van der Waals surface area contributed by atoms with Crippen LogP contribution in [0.2, 0.25) is 0 Å². The second-order valence-electron chi connectivity index (χ2n) is 7.61. The minimum Gasteiger partial charge on any atom is -0.340 e. The van der Waals surface area contributed by atoms with Crippen LogP contribution < -0.4 is 0 Å². The highest BCUT2D eigenvalue weighted by Crippen LogP contribution is 2.31. The maximum atomic E-state index is 13.1. The van der Waals surface area contributed by atoms with Gasteiger partial charge in [0.15, 0.2) is 11.0 Å². The number of hydrogen-bond donors (Lipinski definition) is 0. The number of aromatic nitrogens is 4. The third-order valence-electron chi connectivity index (χ3n) is 5.18. The molecule has 0 N–H and O–H groups in total. The molecule has 32 heavy (non-hydrogen) atoms. The van der Waals surface area contributed by atoms with Crippen LogP contribution in [0.3, 0.4) is 0 Å². The molecule has 2 heterocycles. The molecule has 0 saturated heterocycles. The quantitative estimate of drug-likeness (QED) is 0.385. The molecule has 1 amide bonds. The van der Waals surface area contributed by atoms with Gasteiger partial charge in [0.05, 0.1) is 10.9 Å². The van der Waals surface area contributed by atoms with Gasteiger partial charge in [-0.05, 0) is 43.2 Å². The molecule has 0 spiro atoms. The van der Waals surface area contributed by atoms with Gasteiger partial charge in [-0.2, -0.15) is 0 Å². The molecular weight excluding hydrogens is 418 g/mol. The number of hydrogen-bond acceptors (Lipinski definition) is 5. The van der Waals surface area contributed by atoms with E-state index in [1.54, 1.807) is 17.3 Å². The summed E-state index contributed by atoms with van der Waals surface area (Å²) in [6, 6.07) is 21.9. The zero-order chi connectivity index (χ0) is 22.5. The Morgan fingerprint density at radius 2 is 1.78 bits per heavy atom. The lowest BCUT2D eigenvalue weighted by molar-refractivity contribution is -0.129. The molecule has 2 aromatic heterocycles. The van der Waals surface area contributed by atoms with Crippen LogP contribution >= 0.6 is 11.8 Å². The van der Waals surface area contributed by atoms with Gasteiger partial charge in [-0.3, -0.25) is 14.3 Å². The van der Waals surface area contributed by atoms with Gasteiger partial charge in [0.2, 0.25) is 5.91 Å². The Morgan fingerprint density at radius 1 is 1.03 bits per heavy atom. The molecule has 0 bridgehead atoms. The summed E-state index contributed by atoms with van der Waals surface area (Å²) < 4.78 is 2.01. The van der Waals surface area contributed by atoms with E-state index in [1.807, 2.05) is 79.2 Å². The van der Waals surface area contributed by atoms with E-state index >= 15 is 0 Å². The monoisotopic (exact) mass is 443 g/mol. The van der Waals surface area contributed by atoms with Crippen LogP contribution in [-0.2, 0) is 11.3 Å². The number of amides is 1. The number of para-hydroxylation sites is 1. The molecule has 6 nitrogen and oxygen atoms in total. The van der Waals surface area contributed by atoms with E-state index in [0.717, 1.165) is 22.4 Å². The van der Waals surface area contributed by atoms with Gasteiger partial charge >= 0.3 is 0 Å². The van der Waals surface area contributed by atoms with E-state index in [1.165, 1.54) is 11.8 Å². The van der Waals surface area contributed by atoms with Crippen molar-refractivity contribution in [3.8, 4) is 17.1 Å². The summed E-state index contributed by atoms with van der Waals surface area (Å²) in [5.74, 6) is 0.744. The van der Waals surface area contributed by atoms with Crippen molar-refractivity contribution in [1.29, 1.82) is 0 Å². The number of rotatable bonds is 7. The minimum atomic E-state index is -0.322. The number of benzene rings is 2. The molecule has 4 rings (SSSR count). The fourth-order valence-electron chi connectivity index (χ4n) is 3.51. The molecule has 0 aliphatic carbocycles. The Balaban J connectivity index is 1.63. The van der Waals surface area contributed by atoms with Crippen molar-refractivity contribution in [2.24, 2.45) is 0 Å². The highest BCUT2D eigenvalue weighted by Gasteiger charge is 2.24. The number of thioether (sulfide) groups is 1. The first kappa shape index (κ1) is 21.8. The lowest BCUT2D eigenvalue weighted by Gasteiger charge is -2.21. The summed E-state index contributed by atoms with van der Waals surface area (Å²) >= 11 is 1.41. The van der Waals surface area contributed by atoms with Crippen LogP contribution in [0.4, 0.5) is 0 Å². The maximum absolute atomic E-state index is 13.1. The topological polar surface area (TPSA) is 63.9 Å². The number of carbonyl (C=O) groups excluding carboxylic acids is 1. The van der Waals surface area contributed by atoms with Gasteiger partial charge in [0, 0.05) is 31.5 Å². The van der Waals surface area contributed by atoms with Crippen LogP contribution in [0.5, 0.6) is 0 Å².